The lowest BCUT2D eigenvalue weighted by Gasteiger charge is -2.05. The van der Waals surface area contributed by atoms with E-state index in [1.54, 1.807) is 6.92 Å². The summed E-state index contributed by atoms with van der Waals surface area (Å²) >= 11 is 0. The Morgan fingerprint density at radius 3 is 2.67 bits per heavy atom. The molecule has 2 rings (SSSR count). The van der Waals surface area contributed by atoms with Gasteiger partial charge in [0.15, 0.2) is 5.69 Å². The number of hydrogen-bond donors (Lipinski definition) is 2. The molecule has 0 fully saturated rings. The van der Waals surface area contributed by atoms with Crippen molar-refractivity contribution >= 4 is 17.4 Å². The van der Waals surface area contributed by atoms with Crippen LogP contribution in [0.2, 0.25) is 0 Å². The summed E-state index contributed by atoms with van der Waals surface area (Å²) in [4.78, 5) is 11.8. The Morgan fingerprint density at radius 1 is 1.28 bits per heavy atom. The molecule has 6 heteroatoms. The highest BCUT2D eigenvalue weighted by Gasteiger charge is 2.09. The third kappa shape index (κ3) is 2.60. The molecule has 18 heavy (non-hydrogen) atoms. The summed E-state index contributed by atoms with van der Waals surface area (Å²) in [5.74, 6) is -0.502. The highest BCUT2D eigenvalue weighted by Crippen LogP contribution is 2.14. The number of nitrogens with zero attached hydrogens (tertiary/aromatic N) is 2. The summed E-state index contributed by atoms with van der Waals surface area (Å²) in [5.41, 5.74) is 6.47. The SMILES string of the molecule is Cc1cc(NC(=O)c2ccc(N)nn2)ccc1F. The average molecular weight is 246 g/mol. The van der Waals surface area contributed by atoms with E-state index in [4.69, 9.17) is 5.73 Å². The van der Waals surface area contributed by atoms with Crippen molar-refractivity contribution in [1.82, 2.24) is 10.2 Å². The molecule has 0 saturated carbocycles. The molecule has 0 atom stereocenters. The van der Waals surface area contributed by atoms with Gasteiger partial charge in [-0.1, -0.05) is 0 Å². The number of aryl methyl sites for hydroxylation is 1. The number of halogens is 1. The zero-order chi connectivity index (χ0) is 13.1. The molecule has 0 spiro atoms. The van der Waals surface area contributed by atoms with E-state index in [1.807, 2.05) is 0 Å². The number of carbonyl (C=O) groups is 1. The maximum Gasteiger partial charge on any atom is 0.276 e. The molecule has 5 nitrogen and oxygen atoms in total. The largest absolute Gasteiger partial charge is 0.382 e. The van der Waals surface area contributed by atoms with Gasteiger partial charge in [-0.15, -0.1) is 10.2 Å². The van der Waals surface area contributed by atoms with E-state index in [1.165, 1.54) is 30.3 Å². The minimum atomic E-state index is -0.423. The highest BCUT2D eigenvalue weighted by molar-refractivity contribution is 6.02. The van der Waals surface area contributed by atoms with Crippen molar-refractivity contribution in [3.05, 3.63) is 47.4 Å². The van der Waals surface area contributed by atoms with Crippen LogP contribution in [0.25, 0.3) is 0 Å². The topological polar surface area (TPSA) is 80.9 Å². The van der Waals surface area contributed by atoms with Crippen molar-refractivity contribution in [3.63, 3.8) is 0 Å². The second-order valence-corrected chi connectivity index (χ2v) is 3.76. The van der Waals surface area contributed by atoms with Crippen LogP contribution in [-0.2, 0) is 0 Å². The van der Waals surface area contributed by atoms with E-state index in [-0.39, 0.29) is 17.3 Å². The van der Waals surface area contributed by atoms with Gasteiger partial charge in [0.1, 0.15) is 11.6 Å². The minimum Gasteiger partial charge on any atom is -0.382 e. The van der Waals surface area contributed by atoms with Crippen molar-refractivity contribution < 1.29 is 9.18 Å². The number of carbonyl (C=O) groups excluding carboxylic acids is 1. The molecule has 1 amide bonds. The number of rotatable bonds is 2. The molecule has 0 radical (unpaired) electrons. The van der Waals surface area contributed by atoms with Crippen LogP contribution in [0.5, 0.6) is 0 Å². The number of amides is 1. The van der Waals surface area contributed by atoms with Gasteiger partial charge < -0.3 is 11.1 Å². The number of aromatic nitrogens is 2. The lowest BCUT2D eigenvalue weighted by molar-refractivity contribution is 0.102. The summed E-state index contributed by atoms with van der Waals surface area (Å²) in [7, 11) is 0. The molecule has 0 aliphatic carbocycles. The summed E-state index contributed by atoms with van der Waals surface area (Å²) in [6, 6.07) is 7.26. The van der Waals surface area contributed by atoms with Crippen LogP contribution in [-0.4, -0.2) is 16.1 Å². The Hall–Kier alpha value is -2.50. The van der Waals surface area contributed by atoms with Crippen molar-refractivity contribution in [2.24, 2.45) is 0 Å². The lowest BCUT2D eigenvalue weighted by atomic mass is 10.2. The fourth-order valence-electron chi connectivity index (χ4n) is 1.38. The molecule has 1 heterocycles. The molecule has 0 saturated heterocycles. The van der Waals surface area contributed by atoms with Crippen molar-refractivity contribution in [2.75, 3.05) is 11.1 Å². The van der Waals surface area contributed by atoms with Crippen LogP contribution in [0.3, 0.4) is 0 Å². The first-order valence-electron chi connectivity index (χ1n) is 5.23. The second-order valence-electron chi connectivity index (χ2n) is 3.76. The van der Waals surface area contributed by atoms with Gasteiger partial charge in [-0.2, -0.15) is 0 Å². The van der Waals surface area contributed by atoms with E-state index >= 15 is 0 Å². The smallest absolute Gasteiger partial charge is 0.276 e. The number of nitrogens with two attached hydrogens (primary N) is 1. The molecule has 0 aliphatic rings. The van der Waals surface area contributed by atoms with Gasteiger partial charge in [0, 0.05) is 5.69 Å². The zero-order valence-corrected chi connectivity index (χ0v) is 9.64. The summed E-state index contributed by atoms with van der Waals surface area (Å²) in [6.45, 7) is 1.62. The minimum absolute atomic E-state index is 0.145. The van der Waals surface area contributed by atoms with Gasteiger partial charge in [0.05, 0.1) is 0 Å². The molecule has 92 valence electrons. The van der Waals surface area contributed by atoms with Crippen LogP contribution < -0.4 is 11.1 Å². The van der Waals surface area contributed by atoms with Gasteiger partial charge in [0.2, 0.25) is 0 Å². The van der Waals surface area contributed by atoms with Crippen LogP contribution in [0.1, 0.15) is 16.1 Å². The maximum atomic E-state index is 13.1. The summed E-state index contributed by atoms with van der Waals surface area (Å²) in [5, 5.41) is 9.83. The van der Waals surface area contributed by atoms with Crippen molar-refractivity contribution in [1.29, 1.82) is 0 Å². The van der Waals surface area contributed by atoms with E-state index in [9.17, 15) is 9.18 Å². The average Bonchev–Trinajstić information content (AvgIpc) is 2.34. The Morgan fingerprint density at radius 2 is 2.06 bits per heavy atom. The van der Waals surface area contributed by atoms with Gasteiger partial charge >= 0.3 is 0 Å². The van der Waals surface area contributed by atoms with E-state index in [0.717, 1.165) is 0 Å². The highest BCUT2D eigenvalue weighted by atomic mass is 19.1. The second kappa shape index (κ2) is 4.79. The number of nitrogens with one attached hydrogen (secondary N) is 1. The predicted octanol–water partition coefficient (Wildman–Crippen LogP) is 1.76. The van der Waals surface area contributed by atoms with Crippen molar-refractivity contribution in [2.45, 2.75) is 6.92 Å². The van der Waals surface area contributed by atoms with Crippen LogP contribution in [0.4, 0.5) is 15.9 Å². The van der Waals surface area contributed by atoms with Crippen LogP contribution in [0, 0.1) is 12.7 Å². The number of anilines is 2. The third-order valence-corrected chi connectivity index (χ3v) is 2.33. The number of benzene rings is 1. The molecule has 1 aromatic heterocycles. The van der Waals surface area contributed by atoms with Gasteiger partial charge in [-0.25, -0.2) is 4.39 Å². The van der Waals surface area contributed by atoms with Gasteiger partial charge in [-0.3, -0.25) is 4.79 Å². The van der Waals surface area contributed by atoms with E-state index in [0.29, 0.717) is 11.3 Å². The van der Waals surface area contributed by atoms with Gasteiger partial charge in [0.25, 0.3) is 5.91 Å². The molecular weight excluding hydrogens is 235 g/mol. The quantitative estimate of drug-likeness (QED) is 0.846. The molecule has 0 unspecified atom stereocenters. The van der Waals surface area contributed by atoms with Gasteiger partial charge in [-0.05, 0) is 42.8 Å². The molecule has 1 aromatic carbocycles. The standard InChI is InChI=1S/C12H11FN4O/c1-7-6-8(2-3-9(7)13)15-12(18)10-4-5-11(14)17-16-10/h2-6H,1H3,(H2,14,17)(H,15,18). The van der Waals surface area contributed by atoms with Crippen LogP contribution in [0.15, 0.2) is 30.3 Å². The Bertz CT molecular complexity index is 583. The number of hydrogen-bond acceptors (Lipinski definition) is 4. The molecular formula is C12H11FN4O. The maximum absolute atomic E-state index is 13.1. The Kier molecular flexibility index (Phi) is 3.18. The van der Waals surface area contributed by atoms with Crippen LogP contribution >= 0.6 is 0 Å². The predicted molar refractivity (Wildman–Crippen MR) is 65.5 cm³/mol. The third-order valence-electron chi connectivity index (χ3n) is 2.33. The monoisotopic (exact) mass is 246 g/mol. The molecule has 3 N–H and O–H groups in total. The molecule has 0 bridgehead atoms. The zero-order valence-electron chi connectivity index (χ0n) is 9.64. The van der Waals surface area contributed by atoms with Crippen molar-refractivity contribution in [3.8, 4) is 0 Å². The molecule has 2 aromatic rings. The Labute approximate surface area is 103 Å². The fourth-order valence-corrected chi connectivity index (χ4v) is 1.38. The first kappa shape index (κ1) is 12.0. The fraction of sp³-hybridized carbons (Fsp3) is 0.0833. The lowest BCUT2D eigenvalue weighted by Crippen LogP contribution is -2.14. The first-order valence-corrected chi connectivity index (χ1v) is 5.23. The van der Waals surface area contributed by atoms with E-state index in [2.05, 4.69) is 15.5 Å². The Balaban J connectivity index is 2.16. The normalized spacial score (nSPS) is 10.1. The van der Waals surface area contributed by atoms with E-state index < -0.39 is 5.91 Å². The first-order chi connectivity index (χ1) is 8.56. The molecule has 0 aliphatic heterocycles. The summed E-state index contributed by atoms with van der Waals surface area (Å²) < 4.78 is 13.1. The number of nitrogen functional groups attached to an aromatic ring is 1. The summed E-state index contributed by atoms with van der Waals surface area (Å²) in [6.07, 6.45) is 0.